The Labute approximate surface area is 86.1 Å². The zero-order valence-corrected chi connectivity index (χ0v) is 8.24. The average Bonchev–Trinajstić information content (AvgIpc) is 2.66. The summed E-state index contributed by atoms with van der Waals surface area (Å²) in [7, 11) is 0. The second-order valence-corrected chi connectivity index (χ2v) is 3.83. The van der Waals surface area contributed by atoms with Crippen molar-refractivity contribution < 1.29 is 8.78 Å². The van der Waals surface area contributed by atoms with Gasteiger partial charge in [-0.05, 0) is 37.1 Å². The van der Waals surface area contributed by atoms with Gasteiger partial charge in [0.2, 0.25) is 0 Å². The van der Waals surface area contributed by atoms with E-state index in [9.17, 15) is 8.78 Å². The molecule has 1 nitrogen and oxygen atoms in total. The molecule has 0 saturated carbocycles. The molecule has 1 fully saturated rings. The van der Waals surface area contributed by atoms with Crippen LogP contribution in [0, 0.1) is 11.6 Å². The van der Waals surface area contributed by atoms with Gasteiger partial charge in [0, 0.05) is 6.04 Å². The zero-order valence-electron chi connectivity index (χ0n) is 7.49. The fraction of sp³-hybridized carbons (Fsp3) is 0.400. The van der Waals surface area contributed by atoms with Crippen molar-refractivity contribution in [1.29, 1.82) is 0 Å². The van der Waals surface area contributed by atoms with Gasteiger partial charge in [-0.1, -0.05) is 11.6 Å². The van der Waals surface area contributed by atoms with Gasteiger partial charge in [0.15, 0.2) is 0 Å². The molecule has 14 heavy (non-hydrogen) atoms. The summed E-state index contributed by atoms with van der Waals surface area (Å²) >= 11 is 5.39. The molecule has 4 heteroatoms. The van der Waals surface area contributed by atoms with Gasteiger partial charge in [-0.25, -0.2) is 8.78 Å². The summed E-state index contributed by atoms with van der Waals surface area (Å²) in [6.07, 6.45) is 1.96. The van der Waals surface area contributed by atoms with Crippen LogP contribution in [0.15, 0.2) is 12.1 Å². The Bertz CT molecular complexity index is 325. The van der Waals surface area contributed by atoms with E-state index >= 15 is 0 Å². The highest BCUT2D eigenvalue weighted by molar-refractivity contribution is 6.30. The van der Waals surface area contributed by atoms with Gasteiger partial charge in [0.1, 0.15) is 16.7 Å². The maximum atomic E-state index is 13.1. The Hall–Kier alpha value is -0.670. The lowest BCUT2D eigenvalue weighted by atomic mass is 10.1. The van der Waals surface area contributed by atoms with Gasteiger partial charge in [0.25, 0.3) is 0 Å². The largest absolute Gasteiger partial charge is 0.310 e. The summed E-state index contributed by atoms with van der Waals surface area (Å²) in [5.74, 6) is -1.37. The van der Waals surface area contributed by atoms with Crippen LogP contribution in [0.3, 0.4) is 0 Å². The molecule has 0 unspecified atom stereocenters. The molecule has 0 spiro atoms. The molecule has 1 N–H and O–H groups in total. The zero-order chi connectivity index (χ0) is 10.1. The van der Waals surface area contributed by atoms with E-state index < -0.39 is 16.7 Å². The highest BCUT2D eigenvalue weighted by Crippen LogP contribution is 2.28. The van der Waals surface area contributed by atoms with Crippen LogP contribution >= 0.6 is 11.6 Å². The van der Waals surface area contributed by atoms with E-state index in [2.05, 4.69) is 5.32 Å². The van der Waals surface area contributed by atoms with Crippen LogP contribution in [-0.4, -0.2) is 6.54 Å². The molecule has 1 aliphatic rings. The van der Waals surface area contributed by atoms with Gasteiger partial charge in [-0.3, -0.25) is 0 Å². The number of hydrogen-bond donors (Lipinski definition) is 1. The Morgan fingerprint density at radius 2 is 1.93 bits per heavy atom. The Morgan fingerprint density at radius 3 is 2.43 bits per heavy atom. The molecule has 1 atom stereocenters. The van der Waals surface area contributed by atoms with Gasteiger partial charge in [0.05, 0.1) is 0 Å². The Kier molecular flexibility index (Phi) is 2.70. The first-order chi connectivity index (χ1) is 6.68. The van der Waals surface area contributed by atoms with E-state index in [1.807, 2.05) is 0 Å². The SMILES string of the molecule is Fc1cc([C@@H]2CCCN2)cc(F)c1Cl. The van der Waals surface area contributed by atoms with Crippen molar-refractivity contribution in [2.45, 2.75) is 18.9 Å². The van der Waals surface area contributed by atoms with Crippen LogP contribution in [0.2, 0.25) is 5.02 Å². The molecule has 1 aromatic rings. The third kappa shape index (κ3) is 1.74. The van der Waals surface area contributed by atoms with Crippen molar-refractivity contribution in [2.75, 3.05) is 6.54 Å². The fourth-order valence-corrected chi connectivity index (χ4v) is 1.85. The van der Waals surface area contributed by atoms with Crippen molar-refractivity contribution in [1.82, 2.24) is 5.32 Å². The third-order valence-electron chi connectivity index (χ3n) is 2.47. The molecule has 76 valence electrons. The Balaban J connectivity index is 2.34. The van der Waals surface area contributed by atoms with Crippen LogP contribution in [0.5, 0.6) is 0 Å². The third-order valence-corrected chi connectivity index (χ3v) is 2.83. The van der Waals surface area contributed by atoms with Gasteiger partial charge in [-0.2, -0.15) is 0 Å². The average molecular weight is 218 g/mol. The lowest BCUT2D eigenvalue weighted by Crippen LogP contribution is -2.13. The van der Waals surface area contributed by atoms with Crippen molar-refractivity contribution in [3.05, 3.63) is 34.4 Å². The van der Waals surface area contributed by atoms with Crippen molar-refractivity contribution in [2.24, 2.45) is 0 Å². The molecule has 1 aromatic carbocycles. The lowest BCUT2D eigenvalue weighted by Gasteiger charge is -2.11. The first-order valence-electron chi connectivity index (χ1n) is 4.56. The quantitative estimate of drug-likeness (QED) is 0.713. The number of nitrogens with one attached hydrogen (secondary N) is 1. The smallest absolute Gasteiger partial charge is 0.145 e. The van der Waals surface area contributed by atoms with E-state index in [1.165, 1.54) is 12.1 Å². The maximum absolute atomic E-state index is 13.1. The molecule has 0 aliphatic carbocycles. The molecular weight excluding hydrogens is 208 g/mol. The van der Waals surface area contributed by atoms with Gasteiger partial charge in [-0.15, -0.1) is 0 Å². The summed E-state index contributed by atoms with van der Waals surface area (Å²) in [4.78, 5) is 0. The fourth-order valence-electron chi connectivity index (χ4n) is 1.75. The first-order valence-corrected chi connectivity index (χ1v) is 4.94. The first kappa shape index (κ1) is 9.87. The molecule has 0 aromatic heterocycles. The second-order valence-electron chi connectivity index (χ2n) is 3.45. The standard InChI is InChI=1S/C10H10ClF2N/c11-10-7(12)4-6(5-8(10)13)9-2-1-3-14-9/h4-5,9,14H,1-3H2/t9-/m0/s1. The minimum atomic E-state index is -0.685. The molecule has 0 bridgehead atoms. The summed E-state index contributed by atoms with van der Waals surface area (Å²) in [5.41, 5.74) is 0.641. The molecule has 1 heterocycles. The highest BCUT2D eigenvalue weighted by atomic mass is 35.5. The monoisotopic (exact) mass is 217 g/mol. The normalized spacial score (nSPS) is 21.5. The number of halogens is 3. The van der Waals surface area contributed by atoms with E-state index in [0.717, 1.165) is 19.4 Å². The number of benzene rings is 1. The summed E-state index contributed by atoms with van der Waals surface area (Å²) < 4.78 is 26.2. The topological polar surface area (TPSA) is 12.0 Å². The number of hydrogen-bond acceptors (Lipinski definition) is 1. The maximum Gasteiger partial charge on any atom is 0.145 e. The van der Waals surface area contributed by atoms with Crippen molar-refractivity contribution >= 4 is 11.6 Å². The summed E-state index contributed by atoms with van der Waals surface area (Å²) in [6, 6.07) is 2.67. The van der Waals surface area contributed by atoms with Crippen molar-refractivity contribution in [3.8, 4) is 0 Å². The minimum Gasteiger partial charge on any atom is -0.310 e. The molecule has 1 aliphatic heterocycles. The molecule has 2 rings (SSSR count). The molecular formula is C10H10ClF2N. The van der Waals surface area contributed by atoms with Gasteiger partial charge >= 0.3 is 0 Å². The molecule has 0 amide bonds. The van der Waals surface area contributed by atoms with Crippen LogP contribution in [0.1, 0.15) is 24.4 Å². The van der Waals surface area contributed by atoms with Crippen LogP contribution in [-0.2, 0) is 0 Å². The van der Waals surface area contributed by atoms with Gasteiger partial charge < -0.3 is 5.32 Å². The van der Waals surface area contributed by atoms with E-state index in [-0.39, 0.29) is 6.04 Å². The van der Waals surface area contributed by atoms with Crippen molar-refractivity contribution in [3.63, 3.8) is 0 Å². The molecule has 0 radical (unpaired) electrons. The van der Waals surface area contributed by atoms with Crippen LogP contribution in [0.4, 0.5) is 8.78 Å². The number of rotatable bonds is 1. The van der Waals surface area contributed by atoms with Crippen LogP contribution < -0.4 is 5.32 Å². The predicted octanol–water partition coefficient (Wildman–Crippen LogP) is 3.04. The minimum absolute atomic E-state index is 0.0660. The van der Waals surface area contributed by atoms with E-state index in [0.29, 0.717) is 5.56 Å². The molecule has 1 saturated heterocycles. The van der Waals surface area contributed by atoms with E-state index in [1.54, 1.807) is 0 Å². The van der Waals surface area contributed by atoms with Crippen LogP contribution in [0.25, 0.3) is 0 Å². The van der Waals surface area contributed by atoms with E-state index in [4.69, 9.17) is 11.6 Å². The predicted molar refractivity (Wildman–Crippen MR) is 51.3 cm³/mol. The Morgan fingerprint density at radius 1 is 1.29 bits per heavy atom. The lowest BCUT2D eigenvalue weighted by molar-refractivity contribution is 0.566. The highest BCUT2D eigenvalue weighted by Gasteiger charge is 2.19. The second kappa shape index (κ2) is 3.83. The summed E-state index contributed by atoms with van der Waals surface area (Å²) in [6.45, 7) is 0.899. The summed E-state index contributed by atoms with van der Waals surface area (Å²) in [5, 5.41) is 2.75.